The number of hydrogen-bond donors (Lipinski definition) is 1. The van der Waals surface area contributed by atoms with Crippen LogP contribution in [0.3, 0.4) is 0 Å². The second kappa shape index (κ2) is 62.2. The summed E-state index contributed by atoms with van der Waals surface area (Å²) in [5.74, 6) is -0.557. The van der Waals surface area contributed by atoms with Gasteiger partial charge in [-0.25, -0.2) is 0 Å². The van der Waals surface area contributed by atoms with Crippen molar-refractivity contribution in [2.24, 2.45) is 0 Å². The van der Waals surface area contributed by atoms with Gasteiger partial charge in [0.05, 0.1) is 33.8 Å². The van der Waals surface area contributed by atoms with E-state index in [2.05, 4.69) is 99.0 Å². The average Bonchev–Trinajstić information content (AvgIpc) is 3.51. The van der Waals surface area contributed by atoms with Crippen LogP contribution < -0.4 is 10.2 Å². The molecule has 0 aliphatic carbocycles. The minimum atomic E-state index is -4.71. The molecule has 0 heterocycles. The highest BCUT2D eigenvalue weighted by Gasteiger charge is 2.27. The molecule has 9 nitrogen and oxygen atoms in total. The average molecular weight is 1180 g/mol. The summed E-state index contributed by atoms with van der Waals surface area (Å²) in [6.07, 6.45) is 82.7. The van der Waals surface area contributed by atoms with Crippen LogP contribution in [0, 0.1) is 0 Å². The van der Waals surface area contributed by atoms with E-state index in [0.717, 1.165) is 96.3 Å². The van der Waals surface area contributed by atoms with Gasteiger partial charge in [0, 0.05) is 12.8 Å². The Kier molecular flexibility index (Phi) is 60.1. The van der Waals surface area contributed by atoms with Gasteiger partial charge in [-0.05, 0) is 109 Å². The molecule has 1 amide bonds. The highest BCUT2D eigenvalue weighted by molar-refractivity contribution is 7.45. The van der Waals surface area contributed by atoms with Crippen molar-refractivity contribution < 1.29 is 37.3 Å². The Hall–Kier alpha value is -2.81. The number of hydrogen-bond acceptors (Lipinski definition) is 7. The molecule has 83 heavy (non-hydrogen) atoms. The van der Waals surface area contributed by atoms with Crippen LogP contribution in [0.25, 0.3) is 0 Å². The number of carbonyl (C=O) groups excluding carboxylic acids is 2. The highest BCUT2D eigenvalue weighted by atomic mass is 31.2. The molecule has 1 N–H and O–H groups in total. The molecule has 0 fully saturated rings. The van der Waals surface area contributed by atoms with E-state index in [1.54, 1.807) is 0 Å². The van der Waals surface area contributed by atoms with E-state index in [1.807, 2.05) is 33.3 Å². The number of carbonyl (C=O) groups is 2. The molecule has 0 spiro atoms. The van der Waals surface area contributed by atoms with Crippen LogP contribution >= 0.6 is 7.82 Å². The summed E-state index contributed by atoms with van der Waals surface area (Å²) in [4.78, 5) is 40.1. The van der Waals surface area contributed by atoms with E-state index in [1.165, 1.54) is 180 Å². The second-order valence-electron chi connectivity index (χ2n) is 24.7. The summed E-state index contributed by atoms with van der Waals surface area (Å²) in [5.41, 5.74) is 0. The van der Waals surface area contributed by atoms with Crippen LogP contribution in [0.1, 0.15) is 316 Å². The molecule has 0 saturated heterocycles. The van der Waals surface area contributed by atoms with Crippen molar-refractivity contribution in [2.45, 2.75) is 328 Å². The second-order valence-corrected chi connectivity index (χ2v) is 26.1. The zero-order chi connectivity index (χ0) is 60.7. The van der Waals surface area contributed by atoms with Gasteiger partial charge in [0.25, 0.3) is 7.82 Å². The monoisotopic (exact) mass is 1180 g/mol. The van der Waals surface area contributed by atoms with Gasteiger partial charge in [0.15, 0.2) is 0 Å². The molecule has 0 aromatic carbocycles. The first kappa shape index (κ1) is 80.2. The number of rotatable bonds is 63. The van der Waals surface area contributed by atoms with E-state index in [0.29, 0.717) is 23.9 Å². The van der Waals surface area contributed by atoms with Crippen LogP contribution in [0.2, 0.25) is 0 Å². The normalized spacial score (nSPS) is 14.1. The Labute approximate surface area is 514 Å². The Morgan fingerprint density at radius 1 is 0.422 bits per heavy atom. The van der Waals surface area contributed by atoms with Crippen molar-refractivity contribution in [3.63, 3.8) is 0 Å². The maximum absolute atomic E-state index is 13.6. The molecule has 482 valence electrons. The summed E-state index contributed by atoms with van der Waals surface area (Å²) >= 11 is 0. The maximum Gasteiger partial charge on any atom is 0.306 e. The third-order valence-corrected chi connectivity index (χ3v) is 16.3. The molecule has 3 atom stereocenters. The minimum absolute atomic E-state index is 0.0279. The lowest BCUT2D eigenvalue weighted by atomic mass is 10.0. The van der Waals surface area contributed by atoms with E-state index < -0.39 is 26.6 Å². The number of phosphoric ester groups is 1. The molecule has 0 aromatic rings. The lowest BCUT2D eigenvalue weighted by molar-refractivity contribution is -0.870. The topological polar surface area (TPSA) is 114 Å². The summed E-state index contributed by atoms with van der Waals surface area (Å²) in [6, 6.07) is -0.900. The number of phosphoric acid groups is 1. The lowest BCUT2D eigenvalue weighted by Crippen LogP contribution is -2.47. The number of unbranched alkanes of at least 4 members (excludes halogenated alkanes) is 35. The van der Waals surface area contributed by atoms with Crippen molar-refractivity contribution in [1.29, 1.82) is 0 Å². The van der Waals surface area contributed by atoms with Crippen LogP contribution in [0.4, 0.5) is 0 Å². The molecule has 0 aromatic heterocycles. The van der Waals surface area contributed by atoms with Gasteiger partial charge >= 0.3 is 5.97 Å². The lowest BCUT2D eigenvalue weighted by Gasteiger charge is -2.30. The van der Waals surface area contributed by atoms with Gasteiger partial charge in [0.1, 0.15) is 19.3 Å². The molecule has 0 aliphatic rings. The molecule has 3 unspecified atom stereocenters. The predicted molar refractivity (Wildman–Crippen MR) is 358 cm³/mol. The predicted octanol–water partition coefficient (Wildman–Crippen LogP) is 21.5. The summed E-state index contributed by atoms with van der Waals surface area (Å²) < 4.78 is 30.4. The number of allylic oxidation sites excluding steroid dienone is 13. The van der Waals surface area contributed by atoms with E-state index in [9.17, 15) is 19.0 Å². The number of nitrogens with one attached hydrogen (secondary N) is 1. The Morgan fingerprint density at radius 2 is 0.735 bits per heavy atom. The molecule has 0 saturated carbocycles. The molecule has 0 rings (SSSR count). The van der Waals surface area contributed by atoms with Crippen molar-refractivity contribution in [3.8, 4) is 0 Å². The summed E-state index contributed by atoms with van der Waals surface area (Å²) in [5, 5.41) is 3.04. The molecular formula is C73H133N2O7P. The number of amides is 1. The van der Waals surface area contributed by atoms with Crippen molar-refractivity contribution >= 4 is 19.7 Å². The third-order valence-electron chi connectivity index (χ3n) is 15.3. The Morgan fingerprint density at radius 3 is 1.12 bits per heavy atom. The van der Waals surface area contributed by atoms with Gasteiger partial charge in [-0.3, -0.25) is 14.2 Å². The van der Waals surface area contributed by atoms with Gasteiger partial charge in [-0.15, -0.1) is 0 Å². The fourth-order valence-electron chi connectivity index (χ4n) is 9.89. The van der Waals surface area contributed by atoms with Gasteiger partial charge in [-0.2, -0.15) is 0 Å². The fourth-order valence-corrected chi connectivity index (χ4v) is 10.6. The van der Waals surface area contributed by atoms with Crippen molar-refractivity contribution in [3.05, 3.63) is 85.1 Å². The molecule has 10 heteroatoms. The van der Waals surface area contributed by atoms with Crippen molar-refractivity contribution in [1.82, 2.24) is 5.32 Å². The molecular weight excluding hydrogens is 1050 g/mol. The first-order valence-corrected chi connectivity index (χ1v) is 36.4. The molecule has 0 aliphatic heterocycles. The van der Waals surface area contributed by atoms with Gasteiger partial charge < -0.3 is 28.5 Å². The third kappa shape index (κ3) is 63.5. The number of ether oxygens (including phenoxy) is 1. The quantitative estimate of drug-likeness (QED) is 0.0212. The van der Waals surface area contributed by atoms with Crippen LogP contribution in [-0.4, -0.2) is 69.4 Å². The fraction of sp³-hybridized carbons (Fsp3) is 0.781. The number of quaternary nitrogens is 1. The van der Waals surface area contributed by atoms with Crippen LogP contribution in [0.5, 0.6) is 0 Å². The minimum Gasteiger partial charge on any atom is -0.756 e. The van der Waals surface area contributed by atoms with Crippen molar-refractivity contribution in [2.75, 3.05) is 40.9 Å². The van der Waals surface area contributed by atoms with Crippen LogP contribution in [-0.2, 0) is 27.9 Å². The van der Waals surface area contributed by atoms with Gasteiger partial charge in [-0.1, -0.05) is 280 Å². The van der Waals surface area contributed by atoms with E-state index >= 15 is 0 Å². The number of nitrogens with zero attached hydrogens (tertiary/aromatic N) is 1. The first-order chi connectivity index (χ1) is 40.4. The number of likely N-dealkylation sites (N-methyl/N-ethyl adjacent to an activating group) is 1. The van der Waals surface area contributed by atoms with Crippen LogP contribution in [0.15, 0.2) is 85.1 Å². The zero-order valence-corrected chi connectivity index (χ0v) is 56.0. The highest BCUT2D eigenvalue weighted by Crippen LogP contribution is 2.38. The SMILES string of the molecule is CCCCC/C=C\C/C=C\C/C=C\C/C=C\CCCCCCCC(=O)OC(/C=C\CCCCCCCCCCC)C(COP(=O)([O-])OCC[N+](C)(C)C)NC(=O)CCCCCCCCCCCCCCCCC/C=C\C/C=C\CCCCC. The smallest absolute Gasteiger partial charge is 0.306 e. The summed E-state index contributed by atoms with van der Waals surface area (Å²) in [6.45, 7) is 6.80. The number of esters is 1. The molecule has 0 radical (unpaired) electrons. The molecule has 0 bridgehead atoms. The van der Waals surface area contributed by atoms with Gasteiger partial charge in [0.2, 0.25) is 5.91 Å². The largest absolute Gasteiger partial charge is 0.756 e. The standard InChI is InChI=1S/C73H133N2O7P/c1-7-10-13-16-19-22-25-27-29-31-33-35-36-37-38-40-41-43-45-47-50-53-56-59-62-65-72(76)74-70(69-81-83(78,79)80-68-67-75(4,5)6)71(64-61-58-55-52-49-24-21-18-15-12-9-3)82-73(77)66-63-60-57-54-51-48-46-44-42-39-34-32-30-28-26-23-20-17-14-11-8-2/h19-20,22-23,27-30,34,39,44,46,61,64,70-71H,7-18,21,24-26,31-33,35-38,40-43,45,47-60,62-63,65-69H2,1-6H3,(H-,74,76,78,79)/b22-19-,23-20-,29-27-,30-28-,39-34-,46-44-,64-61-. The Balaban J connectivity index is 5.07. The van der Waals surface area contributed by atoms with E-state index in [-0.39, 0.29) is 24.9 Å². The Bertz CT molecular complexity index is 1700. The van der Waals surface area contributed by atoms with E-state index in [4.69, 9.17) is 13.8 Å². The summed E-state index contributed by atoms with van der Waals surface area (Å²) in [7, 11) is 1.17. The zero-order valence-electron chi connectivity index (χ0n) is 55.1. The first-order valence-electron chi connectivity index (χ1n) is 34.9. The maximum atomic E-state index is 13.6.